The van der Waals surface area contributed by atoms with E-state index in [9.17, 15) is 0 Å². The van der Waals surface area contributed by atoms with Gasteiger partial charge in [-0.3, -0.25) is 0 Å². The molecule has 0 bridgehead atoms. The molecule has 1 aromatic carbocycles. The summed E-state index contributed by atoms with van der Waals surface area (Å²) in [6, 6.07) is 6.57. The summed E-state index contributed by atoms with van der Waals surface area (Å²) in [4.78, 5) is 0. The van der Waals surface area contributed by atoms with Crippen LogP contribution in [0.25, 0.3) is 0 Å². The van der Waals surface area contributed by atoms with Gasteiger partial charge in [0.1, 0.15) is 0 Å². The van der Waals surface area contributed by atoms with Crippen LogP contribution in [0.15, 0.2) is 18.2 Å². The number of benzene rings is 1. The van der Waals surface area contributed by atoms with E-state index in [2.05, 4.69) is 12.2 Å². The third-order valence-corrected chi connectivity index (χ3v) is 4.09. The van der Waals surface area contributed by atoms with Crippen molar-refractivity contribution in [2.24, 2.45) is 0 Å². The van der Waals surface area contributed by atoms with Crippen LogP contribution in [0.5, 0.6) is 0 Å². The van der Waals surface area contributed by atoms with Gasteiger partial charge in [-0.2, -0.15) is 0 Å². The van der Waals surface area contributed by atoms with Crippen molar-refractivity contribution in [3.8, 4) is 0 Å². The van der Waals surface area contributed by atoms with E-state index in [1.165, 1.54) is 32.1 Å². The Morgan fingerprint density at radius 1 is 1.18 bits per heavy atom. The monoisotopic (exact) mass is 271 g/mol. The van der Waals surface area contributed by atoms with Gasteiger partial charge in [-0.15, -0.1) is 0 Å². The molecule has 0 heterocycles. The van der Waals surface area contributed by atoms with E-state index in [4.69, 9.17) is 23.2 Å². The predicted octanol–water partition coefficient (Wildman–Crippen LogP) is 4.98. The highest BCUT2D eigenvalue weighted by molar-refractivity contribution is 6.33. The Bertz CT molecular complexity index is 372. The number of nitrogens with one attached hydrogen (secondary N) is 1. The molecule has 1 fully saturated rings. The van der Waals surface area contributed by atoms with Gasteiger partial charge in [0.25, 0.3) is 0 Å². The SMILES string of the molecule is CC(NC1CCCCC1)c1cc(Cl)ccc1Cl. The highest BCUT2D eigenvalue weighted by Crippen LogP contribution is 2.28. The molecule has 0 saturated heterocycles. The van der Waals surface area contributed by atoms with Gasteiger partial charge in [-0.25, -0.2) is 0 Å². The number of hydrogen-bond donors (Lipinski definition) is 1. The molecule has 0 aromatic heterocycles. The third kappa shape index (κ3) is 3.61. The summed E-state index contributed by atoms with van der Waals surface area (Å²) in [5.41, 5.74) is 1.10. The van der Waals surface area contributed by atoms with E-state index in [0.29, 0.717) is 6.04 Å². The quantitative estimate of drug-likeness (QED) is 0.818. The van der Waals surface area contributed by atoms with E-state index in [-0.39, 0.29) is 6.04 Å². The van der Waals surface area contributed by atoms with Crippen LogP contribution < -0.4 is 5.32 Å². The lowest BCUT2D eigenvalue weighted by molar-refractivity contribution is 0.347. The van der Waals surface area contributed by atoms with Gasteiger partial charge in [-0.1, -0.05) is 42.5 Å². The van der Waals surface area contributed by atoms with Crippen molar-refractivity contribution in [1.82, 2.24) is 5.32 Å². The normalized spacial score (nSPS) is 19.2. The van der Waals surface area contributed by atoms with Crippen molar-refractivity contribution in [1.29, 1.82) is 0 Å². The summed E-state index contributed by atoms with van der Waals surface area (Å²) >= 11 is 12.2. The summed E-state index contributed by atoms with van der Waals surface area (Å²) in [6.45, 7) is 2.16. The summed E-state index contributed by atoms with van der Waals surface area (Å²) in [5, 5.41) is 5.21. The minimum absolute atomic E-state index is 0.268. The van der Waals surface area contributed by atoms with Gasteiger partial charge >= 0.3 is 0 Å². The molecule has 0 amide bonds. The number of rotatable bonds is 3. The van der Waals surface area contributed by atoms with Crippen LogP contribution in [0.4, 0.5) is 0 Å². The minimum Gasteiger partial charge on any atom is -0.307 e. The van der Waals surface area contributed by atoms with E-state index in [1.807, 2.05) is 18.2 Å². The maximum atomic E-state index is 6.21. The second kappa shape index (κ2) is 6.08. The Balaban J connectivity index is 2.02. The molecule has 17 heavy (non-hydrogen) atoms. The average molecular weight is 272 g/mol. The van der Waals surface area contributed by atoms with Crippen LogP contribution in [0.2, 0.25) is 10.0 Å². The van der Waals surface area contributed by atoms with Crippen LogP contribution in [0.1, 0.15) is 50.6 Å². The molecule has 1 saturated carbocycles. The van der Waals surface area contributed by atoms with Crippen molar-refractivity contribution >= 4 is 23.2 Å². The predicted molar refractivity (Wildman–Crippen MR) is 74.9 cm³/mol. The zero-order chi connectivity index (χ0) is 12.3. The Morgan fingerprint density at radius 3 is 2.59 bits per heavy atom. The van der Waals surface area contributed by atoms with E-state index in [1.54, 1.807) is 0 Å². The fourth-order valence-electron chi connectivity index (χ4n) is 2.56. The molecule has 0 radical (unpaired) electrons. The largest absolute Gasteiger partial charge is 0.307 e. The molecule has 1 aromatic rings. The molecule has 1 nitrogen and oxygen atoms in total. The van der Waals surface area contributed by atoms with Crippen LogP contribution >= 0.6 is 23.2 Å². The van der Waals surface area contributed by atoms with Crippen molar-refractivity contribution < 1.29 is 0 Å². The first kappa shape index (κ1) is 13.2. The van der Waals surface area contributed by atoms with Gasteiger partial charge in [0.05, 0.1) is 0 Å². The molecule has 2 rings (SSSR count). The van der Waals surface area contributed by atoms with Crippen LogP contribution in [0.3, 0.4) is 0 Å². The van der Waals surface area contributed by atoms with E-state index < -0.39 is 0 Å². The molecule has 3 heteroatoms. The van der Waals surface area contributed by atoms with E-state index in [0.717, 1.165) is 15.6 Å². The molecule has 1 unspecified atom stereocenters. The molecule has 0 aliphatic heterocycles. The minimum atomic E-state index is 0.268. The van der Waals surface area contributed by atoms with Gasteiger partial charge < -0.3 is 5.32 Å². The zero-order valence-corrected chi connectivity index (χ0v) is 11.7. The second-order valence-corrected chi connectivity index (χ2v) is 5.73. The molecule has 1 aliphatic rings. The van der Waals surface area contributed by atoms with Crippen molar-refractivity contribution in [2.75, 3.05) is 0 Å². The van der Waals surface area contributed by atoms with Gasteiger partial charge in [0.2, 0.25) is 0 Å². The molecular formula is C14H19Cl2N. The first-order chi connectivity index (χ1) is 8.16. The van der Waals surface area contributed by atoms with Crippen LogP contribution in [-0.4, -0.2) is 6.04 Å². The second-order valence-electron chi connectivity index (χ2n) is 4.89. The van der Waals surface area contributed by atoms with Gasteiger partial charge in [-0.05, 0) is 43.5 Å². The molecule has 1 N–H and O–H groups in total. The van der Waals surface area contributed by atoms with Crippen molar-refractivity contribution in [3.05, 3.63) is 33.8 Å². The summed E-state index contributed by atoms with van der Waals surface area (Å²) < 4.78 is 0. The molecule has 94 valence electrons. The maximum Gasteiger partial charge on any atom is 0.0454 e. The molecular weight excluding hydrogens is 253 g/mol. The molecule has 1 aliphatic carbocycles. The molecule has 1 atom stereocenters. The Labute approximate surface area is 114 Å². The summed E-state index contributed by atoms with van der Waals surface area (Å²) in [6.07, 6.45) is 6.62. The van der Waals surface area contributed by atoms with Crippen LogP contribution in [-0.2, 0) is 0 Å². The number of halogens is 2. The first-order valence-electron chi connectivity index (χ1n) is 6.38. The smallest absolute Gasteiger partial charge is 0.0454 e. The average Bonchev–Trinajstić information content (AvgIpc) is 2.33. The lowest BCUT2D eigenvalue weighted by Crippen LogP contribution is -2.33. The van der Waals surface area contributed by atoms with Crippen molar-refractivity contribution in [3.63, 3.8) is 0 Å². The third-order valence-electron chi connectivity index (χ3n) is 3.52. The van der Waals surface area contributed by atoms with Crippen LogP contribution in [0, 0.1) is 0 Å². The first-order valence-corrected chi connectivity index (χ1v) is 7.13. The Morgan fingerprint density at radius 2 is 1.88 bits per heavy atom. The highest BCUT2D eigenvalue weighted by atomic mass is 35.5. The Hall–Kier alpha value is -0.240. The lowest BCUT2D eigenvalue weighted by atomic mass is 9.94. The summed E-state index contributed by atoms with van der Waals surface area (Å²) in [7, 11) is 0. The lowest BCUT2D eigenvalue weighted by Gasteiger charge is -2.27. The standard InChI is InChI=1S/C14H19Cl2N/c1-10(17-12-5-3-2-4-6-12)13-9-11(15)7-8-14(13)16/h7-10,12,17H,2-6H2,1H3. The maximum absolute atomic E-state index is 6.21. The zero-order valence-electron chi connectivity index (χ0n) is 10.2. The van der Waals surface area contributed by atoms with E-state index >= 15 is 0 Å². The van der Waals surface area contributed by atoms with Gasteiger partial charge in [0.15, 0.2) is 0 Å². The fraction of sp³-hybridized carbons (Fsp3) is 0.571. The van der Waals surface area contributed by atoms with Crippen molar-refractivity contribution in [2.45, 2.75) is 51.1 Å². The summed E-state index contributed by atoms with van der Waals surface area (Å²) in [5.74, 6) is 0. The number of hydrogen-bond acceptors (Lipinski definition) is 1. The highest BCUT2D eigenvalue weighted by Gasteiger charge is 2.17. The fourth-order valence-corrected chi connectivity index (χ4v) is 3.02. The topological polar surface area (TPSA) is 12.0 Å². The molecule has 0 spiro atoms. The Kier molecular flexibility index (Phi) is 4.72. The van der Waals surface area contributed by atoms with Gasteiger partial charge in [0, 0.05) is 22.1 Å².